The summed E-state index contributed by atoms with van der Waals surface area (Å²) in [6.45, 7) is 0.363. The van der Waals surface area contributed by atoms with E-state index in [9.17, 15) is 9.59 Å². The molecule has 0 saturated heterocycles. The number of hydrogen-bond donors (Lipinski definition) is 3. The molecule has 0 radical (unpaired) electrons. The third-order valence-corrected chi connectivity index (χ3v) is 5.11. The van der Waals surface area contributed by atoms with E-state index in [2.05, 4.69) is 5.32 Å². The lowest BCUT2D eigenvalue weighted by Crippen LogP contribution is -2.59. The lowest BCUT2D eigenvalue weighted by molar-refractivity contribution is -0.142. The number of aliphatic carboxylic acids is 1. The van der Waals surface area contributed by atoms with Gasteiger partial charge in [-0.15, -0.1) is 0 Å². The van der Waals surface area contributed by atoms with Crippen LogP contribution in [0.5, 0.6) is 0 Å². The minimum absolute atomic E-state index is 0.0112. The molecule has 0 heterocycles. The van der Waals surface area contributed by atoms with Crippen molar-refractivity contribution >= 4 is 11.9 Å². The van der Waals surface area contributed by atoms with Gasteiger partial charge in [0.25, 0.3) is 0 Å². The molecule has 4 N–H and O–H groups in total. The van der Waals surface area contributed by atoms with E-state index in [1.807, 2.05) is 0 Å². The van der Waals surface area contributed by atoms with Crippen LogP contribution in [0.1, 0.15) is 64.2 Å². The molecule has 0 aliphatic heterocycles. The van der Waals surface area contributed by atoms with E-state index < -0.39 is 16.9 Å². The highest BCUT2D eigenvalue weighted by Crippen LogP contribution is 2.39. The summed E-state index contributed by atoms with van der Waals surface area (Å²) in [7, 11) is 0. The summed E-state index contributed by atoms with van der Waals surface area (Å²) in [5.41, 5.74) is 4.92. The van der Waals surface area contributed by atoms with Gasteiger partial charge in [0.15, 0.2) is 0 Å². The van der Waals surface area contributed by atoms with Crippen LogP contribution in [-0.4, -0.2) is 29.1 Å². The first-order chi connectivity index (χ1) is 9.52. The maximum atomic E-state index is 12.7. The molecule has 2 aliphatic rings. The van der Waals surface area contributed by atoms with Gasteiger partial charge in [-0.05, 0) is 32.1 Å². The Bertz CT molecular complexity index is 369. The maximum Gasteiger partial charge on any atom is 0.305 e. The molecule has 0 atom stereocenters. The number of carboxylic acid groups (broad SMARTS) is 1. The van der Waals surface area contributed by atoms with E-state index in [1.165, 1.54) is 0 Å². The van der Waals surface area contributed by atoms with Crippen molar-refractivity contribution in [1.82, 2.24) is 5.32 Å². The Labute approximate surface area is 120 Å². The molecule has 2 saturated carbocycles. The van der Waals surface area contributed by atoms with Gasteiger partial charge in [0.2, 0.25) is 5.91 Å². The normalized spacial score (nSPS) is 24.2. The van der Waals surface area contributed by atoms with Crippen LogP contribution >= 0.6 is 0 Å². The molecule has 5 heteroatoms. The van der Waals surface area contributed by atoms with Crippen LogP contribution < -0.4 is 11.1 Å². The number of carbonyl (C=O) groups is 2. The third-order valence-electron chi connectivity index (χ3n) is 5.11. The lowest BCUT2D eigenvalue weighted by atomic mass is 9.72. The zero-order valence-electron chi connectivity index (χ0n) is 12.1. The number of carboxylic acids is 1. The highest BCUT2D eigenvalue weighted by Gasteiger charge is 2.45. The summed E-state index contributed by atoms with van der Waals surface area (Å²) >= 11 is 0. The van der Waals surface area contributed by atoms with Crippen LogP contribution in [0.25, 0.3) is 0 Å². The molecule has 2 aliphatic carbocycles. The largest absolute Gasteiger partial charge is 0.481 e. The van der Waals surface area contributed by atoms with Gasteiger partial charge >= 0.3 is 5.97 Å². The summed E-state index contributed by atoms with van der Waals surface area (Å²) in [6, 6.07) is 0. The summed E-state index contributed by atoms with van der Waals surface area (Å²) < 4.78 is 0. The van der Waals surface area contributed by atoms with Gasteiger partial charge < -0.3 is 16.2 Å². The molecule has 5 nitrogen and oxygen atoms in total. The highest BCUT2D eigenvalue weighted by molar-refractivity contribution is 5.84. The van der Waals surface area contributed by atoms with Crippen molar-refractivity contribution in [2.45, 2.75) is 69.7 Å². The fourth-order valence-corrected chi connectivity index (χ4v) is 3.54. The number of nitrogens with one attached hydrogen (secondary N) is 1. The maximum absolute atomic E-state index is 12.7. The first kappa shape index (κ1) is 15.3. The van der Waals surface area contributed by atoms with Crippen molar-refractivity contribution in [3.05, 3.63) is 0 Å². The monoisotopic (exact) mass is 282 g/mol. The van der Waals surface area contributed by atoms with Gasteiger partial charge in [-0.3, -0.25) is 9.59 Å². The smallest absolute Gasteiger partial charge is 0.305 e. The van der Waals surface area contributed by atoms with E-state index >= 15 is 0 Å². The summed E-state index contributed by atoms with van der Waals surface area (Å²) in [5, 5.41) is 12.1. The van der Waals surface area contributed by atoms with Gasteiger partial charge in [-0.25, -0.2) is 0 Å². The van der Waals surface area contributed by atoms with Crippen molar-refractivity contribution in [2.24, 2.45) is 11.1 Å². The molecular formula is C15H26N2O3. The van der Waals surface area contributed by atoms with Crippen LogP contribution in [0, 0.1) is 5.41 Å². The van der Waals surface area contributed by atoms with Crippen LogP contribution in [0.4, 0.5) is 0 Å². The second-order valence-electron chi connectivity index (χ2n) is 6.56. The van der Waals surface area contributed by atoms with Gasteiger partial charge in [-0.2, -0.15) is 0 Å². The molecule has 1 amide bonds. The Hall–Kier alpha value is -1.10. The van der Waals surface area contributed by atoms with Crippen molar-refractivity contribution < 1.29 is 14.7 Å². The topological polar surface area (TPSA) is 92.4 Å². The Kier molecular flexibility index (Phi) is 4.68. The average Bonchev–Trinajstić information content (AvgIpc) is 2.61. The molecule has 0 spiro atoms. The van der Waals surface area contributed by atoms with Gasteiger partial charge in [-0.1, -0.05) is 25.7 Å². The SMILES string of the molecule is NCC1(C(=O)NC2(CC(=O)O)CCC2)CCCCCC1. The second-order valence-corrected chi connectivity index (χ2v) is 6.56. The lowest BCUT2D eigenvalue weighted by Gasteiger charge is -2.44. The van der Waals surface area contributed by atoms with E-state index in [1.54, 1.807) is 0 Å². The van der Waals surface area contributed by atoms with Crippen LogP contribution in [-0.2, 0) is 9.59 Å². The van der Waals surface area contributed by atoms with Crippen molar-refractivity contribution in [1.29, 1.82) is 0 Å². The summed E-state index contributed by atoms with van der Waals surface area (Å²) in [5.74, 6) is -0.851. The molecule has 20 heavy (non-hydrogen) atoms. The minimum atomic E-state index is -0.840. The quantitative estimate of drug-likeness (QED) is 0.670. The molecule has 2 fully saturated rings. The number of rotatable bonds is 5. The Morgan fingerprint density at radius 1 is 1.00 bits per heavy atom. The predicted octanol–water partition coefficient (Wildman–Crippen LogP) is 1.80. The minimum Gasteiger partial charge on any atom is -0.481 e. The van der Waals surface area contributed by atoms with Crippen LogP contribution in [0.3, 0.4) is 0 Å². The zero-order chi connectivity index (χ0) is 14.6. The van der Waals surface area contributed by atoms with Crippen LogP contribution in [0.2, 0.25) is 0 Å². The van der Waals surface area contributed by atoms with Gasteiger partial charge in [0, 0.05) is 6.54 Å². The molecule has 0 unspecified atom stereocenters. The van der Waals surface area contributed by atoms with E-state index in [-0.39, 0.29) is 12.3 Å². The first-order valence-electron chi connectivity index (χ1n) is 7.76. The number of amides is 1. The van der Waals surface area contributed by atoms with E-state index in [0.29, 0.717) is 6.54 Å². The Morgan fingerprint density at radius 3 is 2.00 bits per heavy atom. The fraction of sp³-hybridized carbons (Fsp3) is 0.867. The molecule has 0 bridgehead atoms. The van der Waals surface area contributed by atoms with E-state index in [0.717, 1.165) is 57.8 Å². The van der Waals surface area contributed by atoms with Crippen molar-refractivity contribution in [3.63, 3.8) is 0 Å². The number of hydrogen-bond acceptors (Lipinski definition) is 3. The fourth-order valence-electron chi connectivity index (χ4n) is 3.54. The first-order valence-corrected chi connectivity index (χ1v) is 7.76. The molecule has 0 aromatic carbocycles. The zero-order valence-corrected chi connectivity index (χ0v) is 12.1. The van der Waals surface area contributed by atoms with Gasteiger partial charge in [0.05, 0.1) is 17.4 Å². The van der Waals surface area contributed by atoms with Crippen molar-refractivity contribution in [2.75, 3.05) is 6.54 Å². The van der Waals surface area contributed by atoms with E-state index in [4.69, 9.17) is 10.8 Å². The molecule has 0 aromatic rings. The van der Waals surface area contributed by atoms with Gasteiger partial charge in [0.1, 0.15) is 0 Å². The van der Waals surface area contributed by atoms with Crippen LogP contribution in [0.15, 0.2) is 0 Å². The number of nitrogens with two attached hydrogens (primary N) is 1. The molecule has 2 rings (SSSR count). The third kappa shape index (κ3) is 3.14. The predicted molar refractivity (Wildman–Crippen MR) is 76.2 cm³/mol. The Balaban J connectivity index is 2.06. The molecule has 114 valence electrons. The summed E-state index contributed by atoms with van der Waals surface area (Å²) in [6.07, 6.45) is 8.62. The average molecular weight is 282 g/mol. The summed E-state index contributed by atoms with van der Waals surface area (Å²) in [4.78, 5) is 23.7. The standard InChI is InChI=1S/C15H26N2O3/c16-11-14(6-3-1-2-4-7-14)13(20)17-15(8-5-9-15)10-12(18)19/h1-11,16H2,(H,17,20)(H,18,19). The number of carbonyl (C=O) groups excluding carboxylic acids is 1. The second kappa shape index (κ2) is 6.12. The Morgan fingerprint density at radius 2 is 1.60 bits per heavy atom. The van der Waals surface area contributed by atoms with Crippen molar-refractivity contribution in [3.8, 4) is 0 Å². The highest BCUT2D eigenvalue weighted by atomic mass is 16.4. The molecule has 0 aromatic heterocycles. The molecular weight excluding hydrogens is 256 g/mol.